The molecule has 0 bridgehead atoms. The summed E-state index contributed by atoms with van der Waals surface area (Å²) >= 11 is 0. The predicted octanol–water partition coefficient (Wildman–Crippen LogP) is 3.39. The maximum atomic E-state index is 11.8. The highest BCUT2D eigenvalue weighted by atomic mass is 16.5. The monoisotopic (exact) mass is 288 g/mol. The lowest BCUT2D eigenvalue weighted by Gasteiger charge is -2.07. The van der Waals surface area contributed by atoms with Crippen LogP contribution in [-0.4, -0.2) is 11.9 Å². The van der Waals surface area contributed by atoms with Crippen molar-refractivity contribution in [1.82, 2.24) is 0 Å². The molecule has 0 saturated carbocycles. The van der Waals surface area contributed by atoms with Crippen molar-refractivity contribution in [2.75, 3.05) is 0 Å². The third-order valence-corrected chi connectivity index (χ3v) is 2.63. The molecular weight excluding hydrogens is 268 g/mol. The average molecular weight is 288 g/mol. The van der Waals surface area contributed by atoms with Gasteiger partial charge in [0.05, 0.1) is 5.92 Å². The summed E-state index contributed by atoms with van der Waals surface area (Å²) in [7, 11) is 0. The van der Waals surface area contributed by atoms with Crippen molar-refractivity contribution in [1.29, 1.82) is 0 Å². The van der Waals surface area contributed by atoms with Crippen LogP contribution in [0.1, 0.15) is 26.3 Å². The topological polar surface area (TPSA) is 52.6 Å². The molecule has 1 aromatic carbocycles. The molecule has 1 rings (SSSR count). The molecule has 0 aliphatic carbocycles. The van der Waals surface area contributed by atoms with Gasteiger partial charge in [0.15, 0.2) is 0 Å². The molecular formula is C17H20O4. The number of carbonyl (C=O) groups is 2. The summed E-state index contributed by atoms with van der Waals surface area (Å²) < 4.78 is 10.1. The van der Waals surface area contributed by atoms with Crippen LogP contribution in [-0.2, 0) is 25.7 Å². The van der Waals surface area contributed by atoms with Gasteiger partial charge in [-0.05, 0) is 25.5 Å². The SMILES string of the molecule is CC(=O)OC(C)=CC=CC(C)C(=O)OCc1ccccc1. The number of hydrogen-bond acceptors (Lipinski definition) is 4. The predicted molar refractivity (Wildman–Crippen MR) is 80.1 cm³/mol. The zero-order valence-electron chi connectivity index (χ0n) is 12.5. The lowest BCUT2D eigenvalue weighted by atomic mass is 10.1. The number of carbonyl (C=O) groups excluding carboxylic acids is 2. The second-order valence-electron chi connectivity index (χ2n) is 4.64. The van der Waals surface area contributed by atoms with Crippen LogP contribution in [0.3, 0.4) is 0 Å². The summed E-state index contributed by atoms with van der Waals surface area (Å²) in [6.07, 6.45) is 5.00. The van der Waals surface area contributed by atoms with Crippen LogP contribution in [0.4, 0.5) is 0 Å². The van der Waals surface area contributed by atoms with Crippen LogP contribution in [0.2, 0.25) is 0 Å². The Kier molecular flexibility index (Phi) is 6.95. The Morgan fingerprint density at radius 1 is 1.19 bits per heavy atom. The van der Waals surface area contributed by atoms with Gasteiger partial charge in [-0.25, -0.2) is 0 Å². The van der Waals surface area contributed by atoms with E-state index in [4.69, 9.17) is 9.47 Å². The second kappa shape index (κ2) is 8.74. The van der Waals surface area contributed by atoms with Crippen molar-refractivity contribution >= 4 is 11.9 Å². The van der Waals surface area contributed by atoms with Gasteiger partial charge in [-0.2, -0.15) is 0 Å². The number of esters is 2. The average Bonchev–Trinajstić information content (AvgIpc) is 2.44. The summed E-state index contributed by atoms with van der Waals surface area (Å²) in [4.78, 5) is 22.5. The molecule has 0 fully saturated rings. The van der Waals surface area contributed by atoms with Crippen molar-refractivity contribution in [3.63, 3.8) is 0 Å². The van der Waals surface area contributed by atoms with Crippen LogP contribution >= 0.6 is 0 Å². The van der Waals surface area contributed by atoms with Crippen LogP contribution in [0.25, 0.3) is 0 Å². The Labute approximate surface area is 125 Å². The van der Waals surface area contributed by atoms with E-state index in [1.807, 2.05) is 30.3 Å². The van der Waals surface area contributed by atoms with E-state index < -0.39 is 0 Å². The highest BCUT2D eigenvalue weighted by molar-refractivity contribution is 5.74. The molecule has 0 saturated heterocycles. The van der Waals surface area contributed by atoms with Gasteiger partial charge in [-0.3, -0.25) is 9.59 Å². The van der Waals surface area contributed by atoms with Crippen molar-refractivity contribution in [2.24, 2.45) is 5.92 Å². The largest absolute Gasteiger partial charge is 0.460 e. The van der Waals surface area contributed by atoms with E-state index in [1.165, 1.54) is 6.92 Å². The Bertz CT molecular complexity index is 529. The third kappa shape index (κ3) is 7.11. The van der Waals surface area contributed by atoms with E-state index >= 15 is 0 Å². The molecule has 0 aromatic heterocycles. The number of allylic oxidation sites excluding steroid dienone is 3. The first-order chi connectivity index (χ1) is 9.99. The zero-order valence-corrected chi connectivity index (χ0v) is 12.5. The normalized spacial score (nSPS) is 13.0. The third-order valence-electron chi connectivity index (χ3n) is 2.63. The number of rotatable bonds is 6. The summed E-state index contributed by atoms with van der Waals surface area (Å²) in [6, 6.07) is 9.51. The molecule has 0 spiro atoms. The Morgan fingerprint density at radius 2 is 1.86 bits per heavy atom. The van der Waals surface area contributed by atoms with Crippen molar-refractivity contribution < 1.29 is 19.1 Å². The zero-order chi connectivity index (χ0) is 15.7. The first-order valence-electron chi connectivity index (χ1n) is 6.73. The van der Waals surface area contributed by atoms with Gasteiger partial charge in [-0.1, -0.05) is 42.5 Å². The molecule has 112 valence electrons. The molecule has 1 unspecified atom stereocenters. The summed E-state index contributed by atoms with van der Waals surface area (Å²) in [6.45, 7) is 5.02. The molecule has 4 nitrogen and oxygen atoms in total. The van der Waals surface area contributed by atoms with Gasteiger partial charge in [0.1, 0.15) is 12.4 Å². The Morgan fingerprint density at radius 3 is 2.48 bits per heavy atom. The quantitative estimate of drug-likeness (QED) is 0.457. The molecule has 21 heavy (non-hydrogen) atoms. The van der Waals surface area contributed by atoms with E-state index in [0.717, 1.165) is 5.56 Å². The first kappa shape index (κ1) is 16.7. The molecule has 1 atom stereocenters. The highest BCUT2D eigenvalue weighted by Crippen LogP contribution is 2.06. The highest BCUT2D eigenvalue weighted by Gasteiger charge is 2.10. The summed E-state index contributed by atoms with van der Waals surface area (Å²) in [5.41, 5.74) is 0.952. The van der Waals surface area contributed by atoms with Gasteiger partial charge in [0, 0.05) is 6.92 Å². The van der Waals surface area contributed by atoms with E-state index in [9.17, 15) is 9.59 Å². The molecule has 0 aliphatic rings. The minimum atomic E-state index is -0.368. The lowest BCUT2D eigenvalue weighted by Crippen LogP contribution is -2.12. The molecule has 0 aliphatic heterocycles. The van der Waals surface area contributed by atoms with Crippen molar-refractivity contribution in [3.05, 3.63) is 59.9 Å². The maximum absolute atomic E-state index is 11.8. The van der Waals surface area contributed by atoms with Gasteiger partial charge in [-0.15, -0.1) is 0 Å². The number of ether oxygens (including phenoxy) is 2. The number of hydrogen-bond donors (Lipinski definition) is 0. The fraction of sp³-hybridized carbons (Fsp3) is 0.294. The molecule has 0 heterocycles. The van der Waals surface area contributed by atoms with Crippen LogP contribution in [0, 0.1) is 5.92 Å². The molecule has 0 radical (unpaired) electrons. The second-order valence-corrected chi connectivity index (χ2v) is 4.64. The lowest BCUT2D eigenvalue weighted by molar-refractivity contribution is -0.147. The fourth-order valence-electron chi connectivity index (χ4n) is 1.56. The van der Waals surface area contributed by atoms with Crippen LogP contribution in [0.5, 0.6) is 0 Å². The Balaban J connectivity index is 2.42. The smallest absolute Gasteiger partial charge is 0.312 e. The van der Waals surface area contributed by atoms with Crippen LogP contribution < -0.4 is 0 Å². The molecule has 4 heteroatoms. The fourth-order valence-corrected chi connectivity index (χ4v) is 1.56. The van der Waals surface area contributed by atoms with Gasteiger partial charge >= 0.3 is 11.9 Å². The van der Waals surface area contributed by atoms with E-state index in [2.05, 4.69) is 0 Å². The van der Waals surface area contributed by atoms with Gasteiger partial charge in [0.2, 0.25) is 0 Å². The molecule has 0 amide bonds. The maximum Gasteiger partial charge on any atom is 0.312 e. The van der Waals surface area contributed by atoms with Crippen LogP contribution in [0.15, 0.2) is 54.3 Å². The minimum absolute atomic E-state index is 0.264. The molecule has 0 N–H and O–H groups in total. The summed E-state index contributed by atoms with van der Waals surface area (Å²) in [5, 5.41) is 0. The summed E-state index contributed by atoms with van der Waals surface area (Å²) in [5.74, 6) is -0.556. The van der Waals surface area contributed by atoms with Crippen molar-refractivity contribution in [3.8, 4) is 0 Å². The van der Waals surface area contributed by atoms with Gasteiger partial charge < -0.3 is 9.47 Å². The number of benzene rings is 1. The van der Waals surface area contributed by atoms with E-state index in [0.29, 0.717) is 5.76 Å². The minimum Gasteiger partial charge on any atom is -0.460 e. The van der Waals surface area contributed by atoms with E-state index in [1.54, 1.807) is 32.1 Å². The molecule has 1 aromatic rings. The van der Waals surface area contributed by atoms with E-state index in [-0.39, 0.29) is 24.5 Å². The Hall–Kier alpha value is -2.36. The van der Waals surface area contributed by atoms with Crippen molar-refractivity contribution in [2.45, 2.75) is 27.4 Å². The first-order valence-corrected chi connectivity index (χ1v) is 6.73. The van der Waals surface area contributed by atoms with Gasteiger partial charge in [0.25, 0.3) is 0 Å². The standard InChI is InChI=1S/C17H20O4/c1-13(8-7-9-14(2)21-15(3)18)17(19)20-12-16-10-5-4-6-11-16/h4-11,13H,12H2,1-3H3.